The van der Waals surface area contributed by atoms with Gasteiger partial charge in [-0.3, -0.25) is 9.59 Å². The van der Waals surface area contributed by atoms with Gasteiger partial charge in [0.1, 0.15) is 5.41 Å². The van der Waals surface area contributed by atoms with Crippen LogP contribution in [0.2, 0.25) is 0 Å². The molecule has 1 saturated heterocycles. The number of methoxy groups -OCH3 is 2. The number of carbonyl (C=O) groups is 3. The van der Waals surface area contributed by atoms with E-state index in [0.717, 1.165) is 4.90 Å². The Balaban J connectivity index is 2.61. The maximum atomic E-state index is 11.6. The first kappa shape index (κ1) is 13.3. The quantitative estimate of drug-likeness (QED) is 0.706. The van der Waals surface area contributed by atoms with Crippen molar-refractivity contribution in [2.24, 2.45) is 5.41 Å². The Kier molecular flexibility index (Phi) is 3.93. The number of esters is 2. The molecule has 0 aromatic carbocycles. The van der Waals surface area contributed by atoms with Crippen LogP contribution in [0.1, 0.15) is 12.8 Å². The summed E-state index contributed by atoms with van der Waals surface area (Å²) in [7, 11) is 2.50. The molecule has 1 N–H and O–H groups in total. The number of carbonyl (C=O) groups excluding carboxylic acids is 2. The number of amides is 1. The fraction of sp³-hybridized carbons (Fsp3) is 0.700. The minimum absolute atomic E-state index is 0.0615. The molecular formula is C10H15NO6. The van der Waals surface area contributed by atoms with E-state index in [0.29, 0.717) is 0 Å². The number of hydrogen-bond acceptors (Lipinski definition) is 5. The summed E-state index contributed by atoms with van der Waals surface area (Å²) in [6.07, 6.45) is -0.780. The Morgan fingerprint density at radius 2 is 1.82 bits per heavy atom. The number of carboxylic acid groups (broad SMARTS) is 1. The number of likely N-dealkylation sites (tertiary alicyclic amines) is 1. The number of nitrogens with zero attached hydrogens (tertiary/aromatic N) is 1. The number of hydrogen-bond donors (Lipinski definition) is 1. The molecule has 7 nitrogen and oxygen atoms in total. The van der Waals surface area contributed by atoms with E-state index < -0.39 is 23.4 Å². The Labute approximate surface area is 98.3 Å². The molecular weight excluding hydrogens is 230 g/mol. The van der Waals surface area contributed by atoms with Crippen LogP contribution in [0.4, 0.5) is 4.79 Å². The molecule has 1 aliphatic heterocycles. The van der Waals surface area contributed by atoms with Crippen LogP contribution in [0.5, 0.6) is 0 Å². The van der Waals surface area contributed by atoms with Crippen LogP contribution in [0.25, 0.3) is 0 Å². The van der Waals surface area contributed by atoms with E-state index in [4.69, 9.17) is 5.11 Å². The molecule has 0 saturated carbocycles. The van der Waals surface area contributed by atoms with E-state index in [1.54, 1.807) is 0 Å². The lowest BCUT2D eigenvalue weighted by molar-refractivity contribution is -0.164. The molecule has 0 bridgehead atoms. The summed E-state index contributed by atoms with van der Waals surface area (Å²) in [6.45, 7) is 0.123. The van der Waals surface area contributed by atoms with Crippen LogP contribution in [0.15, 0.2) is 0 Å². The predicted molar refractivity (Wildman–Crippen MR) is 55.3 cm³/mol. The van der Waals surface area contributed by atoms with Crippen LogP contribution in [-0.4, -0.2) is 55.3 Å². The van der Waals surface area contributed by atoms with Crippen molar-refractivity contribution in [1.82, 2.24) is 4.90 Å². The van der Waals surface area contributed by atoms with Crippen molar-refractivity contribution in [3.8, 4) is 0 Å². The molecule has 0 atom stereocenters. The minimum Gasteiger partial charge on any atom is -0.469 e. The normalized spacial score (nSPS) is 16.9. The first-order chi connectivity index (χ1) is 7.95. The largest absolute Gasteiger partial charge is 0.469 e. The second-order valence-electron chi connectivity index (χ2n) is 3.99. The molecule has 7 heteroatoms. The van der Waals surface area contributed by atoms with Crippen molar-refractivity contribution < 1.29 is 29.0 Å². The van der Waals surface area contributed by atoms with Crippen molar-refractivity contribution in [3.63, 3.8) is 0 Å². The van der Waals surface area contributed by atoms with Gasteiger partial charge in [0.05, 0.1) is 14.2 Å². The van der Waals surface area contributed by atoms with Crippen LogP contribution in [0.3, 0.4) is 0 Å². The van der Waals surface area contributed by atoms with Crippen LogP contribution in [-0.2, 0) is 19.1 Å². The van der Waals surface area contributed by atoms with E-state index in [1.807, 2.05) is 0 Å². The Hall–Kier alpha value is -1.79. The average molecular weight is 245 g/mol. The highest BCUT2D eigenvalue weighted by molar-refractivity contribution is 5.82. The van der Waals surface area contributed by atoms with E-state index in [-0.39, 0.29) is 25.9 Å². The van der Waals surface area contributed by atoms with Crippen molar-refractivity contribution in [1.29, 1.82) is 0 Å². The fourth-order valence-corrected chi connectivity index (χ4v) is 1.87. The summed E-state index contributed by atoms with van der Waals surface area (Å²) >= 11 is 0. The molecule has 17 heavy (non-hydrogen) atoms. The third-order valence-corrected chi connectivity index (χ3v) is 2.91. The van der Waals surface area contributed by atoms with E-state index in [1.165, 1.54) is 14.2 Å². The van der Waals surface area contributed by atoms with Gasteiger partial charge in [-0.1, -0.05) is 0 Å². The number of rotatable bonds is 4. The molecule has 0 radical (unpaired) electrons. The van der Waals surface area contributed by atoms with Crippen LogP contribution < -0.4 is 0 Å². The second kappa shape index (κ2) is 5.03. The Morgan fingerprint density at radius 3 is 2.24 bits per heavy atom. The SMILES string of the molecule is COC(=O)CCC1(C(=O)OC)CN(C(=O)O)C1. The lowest BCUT2D eigenvalue weighted by Gasteiger charge is -2.46. The van der Waals surface area contributed by atoms with Crippen molar-refractivity contribution in [3.05, 3.63) is 0 Å². The maximum Gasteiger partial charge on any atom is 0.407 e. The lowest BCUT2D eigenvalue weighted by atomic mass is 9.76. The van der Waals surface area contributed by atoms with Gasteiger partial charge < -0.3 is 19.5 Å². The van der Waals surface area contributed by atoms with E-state index in [2.05, 4.69) is 9.47 Å². The summed E-state index contributed by atoms with van der Waals surface area (Å²) in [6, 6.07) is 0. The van der Waals surface area contributed by atoms with Crippen molar-refractivity contribution >= 4 is 18.0 Å². The predicted octanol–water partition coefficient (Wildman–Crippen LogP) is 0.0926. The highest BCUT2D eigenvalue weighted by atomic mass is 16.5. The minimum atomic E-state index is -1.08. The zero-order valence-electron chi connectivity index (χ0n) is 9.76. The van der Waals surface area contributed by atoms with Gasteiger partial charge in [-0.25, -0.2) is 4.79 Å². The Morgan fingerprint density at radius 1 is 1.24 bits per heavy atom. The first-order valence-electron chi connectivity index (χ1n) is 5.08. The van der Waals surface area contributed by atoms with Crippen molar-refractivity contribution in [2.75, 3.05) is 27.3 Å². The van der Waals surface area contributed by atoms with Crippen LogP contribution >= 0.6 is 0 Å². The standard InChI is InChI=1S/C10H15NO6/c1-16-7(12)3-4-10(8(13)17-2)5-11(6-10)9(14)15/h3-6H2,1-2H3,(H,14,15). The molecule has 1 fully saturated rings. The molecule has 0 spiro atoms. The van der Waals surface area contributed by atoms with Crippen molar-refractivity contribution in [2.45, 2.75) is 12.8 Å². The van der Waals surface area contributed by atoms with Gasteiger partial charge in [0.15, 0.2) is 0 Å². The van der Waals surface area contributed by atoms with Gasteiger partial charge in [-0.15, -0.1) is 0 Å². The van der Waals surface area contributed by atoms with Gasteiger partial charge in [0.2, 0.25) is 0 Å². The lowest BCUT2D eigenvalue weighted by Crippen LogP contribution is -2.62. The van der Waals surface area contributed by atoms with Gasteiger partial charge in [-0.05, 0) is 6.42 Å². The maximum absolute atomic E-state index is 11.6. The second-order valence-corrected chi connectivity index (χ2v) is 3.99. The third kappa shape index (κ3) is 2.66. The molecule has 0 aromatic heterocycles. The molecule has 1 heterocycles. The zero-order chi connectivity index (χ0) is 13.1. The average Bonchev–Trinajstić information content (AvgIpc) is 2.25. The fourth-order valence-electron chi connectivity index (χ4n) is 1.87. The molecule has 1 rings (SSSR count). The zero-order valence-corrected chi connectivity index (χ0v) is 9.76. The molecule has 1 aliphatic rings. The molecule has 1 amide bonds. The molecule has 0 aromatic rings. The van der Waals surface area contributed by atoms with E-state index in [9.17, 15) is 14.4 Å². The molecule has 96 valence electrons. The van der Waals surface area contributed by atoms with E-state index >= 15 is 0 Å². The first-order valence-corrected chi connectivity index (χ1v) is 5.08. The summed E-state index contributed by atoms with van der Waals surface area (Å²) in [4.78, 5) is 34.4. The highest BCUT2D eigenvalue weighted by Crippen LogP contribution is 2.36. The summed E-state index contributed by atoms with van der Waals surface area (Å²) in [5.41, 5.74) is -0.901. The summed E-state index contributed by atoms with van der Waals surface area (Å²) in [5, 5.41) is 8.73. The third-order valence-electron chi connectivity index (χ3n) is 2.91. The smallest absolute Gasteiger partial charge is 0.407 e. The summed E-state index contributed by atoms with van der Waals surface area (Å²) < 4.78 is 9.12. The van der Waals surface area contributed by atoms with Gasteiger partial charge >= 0.3 is 18.0 Å². The highest BCUT2D eigenvalue weighted by Gasteiger charge is 2.52. The topological polar surface area (TPSA) is 93.1 Å². The monoisotopic (exact) mass is 245 g/mol. The molecule has 0 unspecified atom stereocenters. The molecule has 0 aliphatic carbocycles. The van der Waals surface area contributed by atoms with Gasteiger partial charge in [-0.2, -0.15) is 0 Å². The summed E-state index contributed by atoms with van der Waals surface area (Å²) in [5.74, 6) is -0.916. The Bertz CT molecular complexity index is 334. The van der Waals surface area contributed by atoms with Gasteiger partial charge in [0, 0.05) is 19.5 Å². The van der Waals surface area contributed by atoms with Gasteiger partial charge in [0.25, 0.3) is 0 Å². The van der Waals surface area contributed by atoms with Crippen LogP contribution in [0, 0.1) is 5.41 Å². The number of ether oxygens (including phenoxy) is 2.